The van der Waals surface area contributed by atoms with Crippen LogP contribution in [-0.2, 0) is 10.2 Å². The quantitative estimate of drug-likeness (QED) is 0.677. The second kappa shape index (κ2) is 9.81. The van der Waals surface area contributed by atoms with E-state index in [2.05, 4.69) is 31.1 Å². The summed E-state index contributed by atoms with van der Waals surface area (Å²) in [5.74, 6) is 0.526. The second-order valence-corrected chi connectivity index (χ2v) is 10.0. The van der Waals surface area contributed by atoms with Crippen LogP contribution in [0.4, 0.5) is 0 Å². The van der Waals surface area contributed by atoms with Gasteiger partial charge in [-0.25, -0.2) is 4.98 Å². The number of thiazole rings is 1. The van der Waals surface area contributed by atoms with Crippen LogP contribution in [0.1, 0.15) is 78.9 Å². The Bertz CT molecular complexity index is 926. The Labute approximate surface area is 189 Å². The standard InChI is InChI=1S/C24H33N3O3S/c1-6-18(26-22(29)21-16(2)25-23(31-21)24(3,4)5)17-11-7-8-12-19(17)30-15-20(28)27-13-9-10-14-27/h7-8,11-12,18H,6,9-10,13-15H2,1-5H3,(H,26,29). The average Bonchev–Trinajstić information content (AvgIpc) is 3.40. The molecular formula is C24H33N3O3S. The second-order valence-electron chi connectivity index (χ2n) is 9.03. The van der Waals surface area contributed by atoms with Crippen molar-refractivity contribution in [2.24, 2.45) is 0 Å². The van der Waals surface area contributed by atoms with Gasteiger partial charge in [-0.1, -0.05) is 45.9 Å². The molecular weight excluding hydrogens is 410 g/mol. The van der Waals surface area contributed by atoms with E-state index in [1.807, 2.05) is 43.0 Å². The number of rotatable bonds is 7. The molecule has 1 fully saturated rings. The highest BCUT2D eigenvalue weighted by atomic mass is 32.1. The van der Waals surface area contributed by atoms with Crippen LogP contribution in [0.5, 0.6) is 5.75 Å². The summed E-state index contributed by atoms with van der Waals surface area (Å²) in [6, 6.07) is 7.40. The van der Waals surface area contributed by atoms with Gasteiger partial charge in [0.1, 0.15) is 10.6 Å². The van der Waals surface area contributed by atoms with Gasteiger partial charge in [-0.2, -0.15) is 0 Å². The highest BCUT2D eigenvalue weighted by Gasteiger charge is 2.25. The number of amides is 2. The molecule has 168 valence electrons. The van der Waals surface area contributed by atoms with Crippen molar-refractivity contribution in [3.05, 3.63) is 45.4 Å². The Balaban J connectivity index is 1.73. The van der Waals surface area contributed by atoms with Gasteiger partial charge in [0.15, 0.2) is 6.61 Å². The molecule has 1 aromatic carbocycles. The van der Waals surface area contributed by atoms with Crippen molar-refractivity contribution in [3.63, 3.8) is 0 Å². The van der Waals surface area contributed by atoms with E-state index in [0.717, 1.165) is 42.2 Å². The normalized spacial score (nSPS) is 15.1. The summed E-state index contributed by atoms with van der Waals surface area (Å²) in [6.07, 6.45) is 2.82. The van der Waals surface area contributed by atoms with Gasteiger partial charge in [0.25, 0.3) is 11.8 Å². The fourth-order valence-electron chi connectivity index (χ4n) is 3.65. The molecule has 31 heavy (non-hydrogen) atoms. The number of carbonyl (C=O) groups excluding carboxylic acids is 2. The van der Waals surface area contributed by atoms with Crippen molar-refractivity contribution in [1.82, 2.24) is 15.2 Å². The third-order valence-corrected chi connectivity index (χ3v) is 7.04. The van der Waals surface area contributed by atoms with Gasteiger partial charge >= 0.3 is 0 Å². The van der Waals surface area contributed by atoms with Crippen LogP contribution in [0.25, 0.3) is 0 Å². The Hall–Kier alpha value is -2.41. The molecule has 3 rings (SSSR count). The number of nitrogens with zero attached hydrogens (tertiary/aromatic N) is 2. The number of nitrogens with one attached hydrogen (secondary N) is 1. The summed E-state index contributed by atoms with van der Waals surface area (Å²) >= 11 is 1.45. The maximum Gasteiger partial charge on any atom is 0.263 e. The van der Waals surface area contributed by atoms with E-state index < -0.39 is 0 Å². The number of hydrogen-bond donors (Lipinski definition) is 1. The maximum atomic E-state index is 13.1. The minimum Gasteiger partial charge on any atom is -0.483 e. The van der Waals surface area contributed by atoms with E-state index in [0.29, 0.717) is 17.0 Å². The van der Waals surface area contributed by atoms with Crippen LogP contribution >= 0.6 is 11.3 Å². The van der Waals surface area contributed by atoms with Crippen molar-refractivity contribution in [2.75, 3.05) is 19.7 Å². The molecule has 2 aromatic rings. The first-order valence-corrected chi connectivity index (χ1v) is 11.8. The zero-order valence-corrected chi connectivity index (χ0v) is 20.0. The zero-order valence-electron chi connectivity index (χ0n) is 19.2. The number of hydrogen-bond acceptors (Lipinski definition) is 5. The topological polar surface area (TPSA) is 71.5 Å². The molecule has 1 aromatic heterocycles. The molecule has 0 spiro atoms. The molecule has 7 heteroatoms. The fraction of sp³-hybridized carbons (Fsp3) is 0.542. The molecule has 0 saturated carbocycles. The molecule has 2 amide bonds. The minimum atomic E-state index is -0.217. The van der Waals surface area contributed by atoms with Crippen LogP contribution in [0.2, 0.25) is 0 Å². The van der Waals surface area contributed by atoms with E-state index in [-0.39, 0.29) is 29.9 Å². The maximum absolute atomic E-state index is 13.1. The van der Waals surface area contributed by atoms with Gasteiger partial charge < -0.3 is 15.0 Å². The van der Waals surface area contributed by atoms with Crippen LogP contribution in [0.15, 0.2) is 24.3 Å². The number of aryl methyl sites for hydroxylation is 1. The lowest BCUT2D eigenvalue weighted by molar-refractivity contribution is -0.132. The van der Waals surface area contributed by atoms with Gasteiger partial charge in [0.05, 0.1) is 16.7 Å². The van der Waals surface area contributed by atoms with E-state index in [9.17, 15) is 9.59 Å². The highest BCUT2D eigenvalue weighted by molar-refractivity contribution is 7.14. The van der Waals surface area contributed by atoms with E-state index in [4.69, 9.17) is 4.74 Å². The first kappa shape index (κ1) is 23.3. The third kappa shape index (κ3) is 5.64. The first-order chi connectivity index (χ1) is 14.7. The number of carbonyl (C=O) groups is 2. The molecule has 1 unspecified atom stereocenters. The Morgan fingerprint density at radius 2 is 1.90 bits per heavy atom. The lowest BCUT2D eigenvalue weighted by Crippen LogP contribution is -2.32. The van der Waals surface area contributed by atoms with Crippen molar-refractivity contribution < 1.29 is 14.3 Å². The Morgan fingerprint density at radius 1 is 1.23 bits per heavy atom. The van der Waals surface area contributed by atoms with Crippen molar-refractivity contribution in [1.29, 1.82) is 0 Å². The Kier molecular flexibility index (Phi) is 7.36. The van der Waals surface area contributed by atoms with Crippen LogP contribution in [-0.4, -0.2) is 41.4 Å². The molecule has 0 aliphatic carbocycles. The van der Waals surface area contributed by atoms with Crippen molar-refractivity contribution in [3.8, 4) is 5.75 Å². The predicted octanol–water partition coefficient (Wildman–Crippen LogP) is 4.63. The number of aromatic nitrogens is 1. The summed E-state index contributed by atoms with van der Waals surface area (Å²) in [6.45, 7) is 11.8. The van der Waals surface area contributed by atoms with E-state index in [1.54, 1.807) is 0 Å². The lowest BCUT2D eigenvalue weighted by Gasteiger charge is -2.21. The number of para-hydroxylation sites is 1. The van der Waals surface area contributed by atoms with Crippen molar-refractivity contribution in [2.45, 2.75) is 65.3 Å². The first-order valence-electron chi connectivity index (χ1n) is 11.0. The molecule has 0 bridgehead atoms. The van der Waals surface area contributed by atoms with Crippen LogP contribution in [0, 0.1) is 6.92 Å². The summed E-state index contributed by atoms with van der Waals surface area (Å²) < 4.78 is 5.90. The van der Waals surface area contributed by atoms with Crippen LogP contribution in [0.3, 0.4) is 0 Å². The summed E-state index contributed by atoms with van der Waals surface area (Å²) in [4.78, 5) is 32.5. The number of likely N-dealkylation sites (tertiary alicyclic amines) is 1. The molecule has 1 aliphatic rings. The molecule has 1 N–H and O–H groups in total. The smallest absolute Gasteiger partial charge is 0.263 e. The van der Waals surface area contributed by atoms with Gasteiger partial charge in [0.2, 0.25) is 0 Å². The highest BCUT2D eigenvalue weighted by Crippen LogP contribution is 2.31. The Morgan fingerprint density at radius 3 is 2.52 bits per heavy atom. The fourth-order valence-corrected chi connectivity index (χ4v) is 4.68. The zero-order chi connectivity index (χ0) is 22.6. The predicted molar refractivity (Wildman–Crippen MR) is 124 cm³/mol. The van der Waals surface area contributed by atoms with Gasteiger partial charge in [0, 0.05) is 24.1 Å². The van der Waals surface area contributed by atoms with E-state index >= 15 is 0 Å². The van der Waals surface area contributed by atoms with Gasteiger partial charge in [-0.15, -0.1) is 11.3 Å². The number of ether oxygens (including phenoxy) is 1. The molecule has 6 nitrogen and oxygen atoms in total. The van der Waals surface area contributed by atoms with Crippen molar-refractivity contribution >= 4 is 23.2 Å². The summed E-state index contributed by atoms with van der Waals surface area (Å²) in [7, 11) is 0. The molecule has 2 heterocycles. The van der Waals surface area contributed by atoms with Crippen LogP contribution < -0.4 is 10.1 Å². The molecule has 1 saturated heterocycles. The monoisotopic (exact) mass is 443 g/mol. The largest absolute Gasteiger partial charge is 0.483 e. The lowest BCUT2D eigenvalue weighted by atomic mass is 9.98. The summed E-state index contributed by atoms with van der Waals surface area (Å²) in [5.41, 5.74) is 1.54. The van der Waals surface area contributed by atoms with Gasteiger partial charge in [-0.3, -0.25) is 9.59 Å². The minimum absolute atomic E-state index is 0.0133. The van der Waals surface area contributed by atoms with E-state index in [1.165, 1.54) is 11.3 Å². The molecule has 1 aliphatic heterocycles. The SMILES string of the molecule is CCC(NC(=O)c1sc(C(C)(C)C)nc1C)c1ccccc1OCC(=O)N1CCCC1. The summed E-state index contributed by atoms with van der Waals surface area (Å²) in [5, 5.41) is 4.10. The number of benzene rings is 1. The molecule has 0 radical (unpaired) electrons. The van der Waals surface area contributed by atoms with Gasteiger partial charge in [-0.05, 0) is 32.3 Å². The third-order valence-electron chi connectivity index (χ3n) is 5.46. The average molecular weight is 444 g/mol. The molecule has 1 atom stereocenters.